The summed E-state index contributed by atoms with van der Waals surface area (Å²) in [5, 5.41) is 3.75. The summed E-state index contributed by atoms with van der Waals surface area (Å²) in [4.78, 5) is 44.3. The number of rotatable bonds is 3. The van der Waals surface area contributed by atoms with Gasteiger partial charge in [0.25, 0.3) is 0 Å². The first kappa shape index (κ1) is 21.9. The zero-order valence-corrected chi connectivity index (χ0v) is 19.8. The van der Waals surface area contributed by atoms with Crippen LogP contribution in [0.1, 0.15) is 17.2 Å². The molecule has 0 saturated carbocycles. The lowest BCUT2D eigenvalue weighted by molar-refractivity contribution is -0.128. The van der Waals surface area contributed by atoms with Crippen LogP contribution in [0, 0.1) is 11.8 Å². The van der Waals surface area contributed by atoms with E-state index in [2.05, 4.69) is 5.32 Å². The van der Waals surface area contributed by atoms with E-state index in [1.165, 1.54) is 0 Å². The number of hydrogen-bond acceptors (Lipinski definition) is 4. The fourth-order valence-corrected chi connectivity index (χ4v) is 5.82. The Kier molecular flexibility index (Phi) is 5.16. The van der Waals surface area contributed by atoms with Crippen LogP contribution in [0.25, 0.3) is 6.08 Å². The number of nitrogens with zero attached hydrogens (tertiary/aromatic N) is 2. The molecule has 0 aromatic heterocycles. The van der Waals surface area contributed by atoms with E-state index in [0.29, 0.717) is 21.4 Å². The third-order valence-electron chi connectivity index (χ3n) is 6.94. The molecule has 1 N–H and O–H groups in total. The van der Waals surface area contributed by atoms with Crippen molar-refractivity contribution in [2.24, 2.45) is 11.8 Å². The Morgan fingerprint density at radius 3 is 2.29 bits per heavy atom. The number of para-hydroxylation sites is 1. The van der Waals surface area contributed by atoms with E-state index in [-0.39, 0.29) is 11.8 Å². The number of fused-ring (bicyclic) bond motifs is 5. The predicted octanol–water partition coefficient (Wildman–Crippen LogP) is 5.15. The number of halogens is 2. The average molecular weight is 504 g/mol. The van der Waals surface area contributed by atoms with Crippen LogP contribution in [-0.2, 0) is 14.4 Å². The van der Waals surface area contributed by atoms with Crippen molar-refractivity contribution in [3.63, 3.8) is 0 Å². The molecule has 8 heteroatoms. The van der Waals surface area contributed by atoms with Crippen molar-refractivity contribution in [2.45, 2.75) is 12.1 Å². The summed E-state index contributed by atoms with van der Waals surface area (Å²) in [6.45, 7) is 0. The Hall–Kier alpha value is -3.61. The van der Waals surface area contributed by atoms with Crippen molar-refractivity contribution in [3.05, 3.63) is 100 Å². The van der Waals surface area contributed by atoms with Crippen LogP contribution in [0.5, 0.6) is 0 Å². The Morgan fingerprint density at radius 2 is 1.51 bits per heavy atom. The molecule has 0 spiro atoms. The maximum atomic E-state index is 13.8. The predicted molar refractivity (Wildman–Crippen MR) is 135 cm³/mol. The van der Waals surface area contributed by atoms with Gasteiger partial charge in [0.2, 0.25) is 17.7 Å². The number of nitrogens with one attached hydrogen (secondary N) is 1. The lowest BCUT2D eigenvalue weighted by Gasteiger charge is -2.35. The van der Waals surface area contributed by atoms with Crippen molar-refractivity contribution in [1.29, 1.82) is 0 Å². The number of hydrogen-bond donors (Lipinski definition) is 1. The van der Waals surface area contributed by atoms with Crippen molar-refractivity contribution in [2.75, 3.05) is 10.2 Å². The molecule has 2 fully saturated rings. The highest BCUT2D eigenvalue weighted by Crippen LogP contribution is 2.53. The standard InChI is InChI=1S/C27H19Cl2N3O3/c28-16-9-11-17(12-10-16)30-25(33)24-22-21(23-18-6-2-1-5-15(18)13-14-31(23)24)26(34)32(27(22)35)20-8-4-3-7-19(20)29/h1-14,21-24H,(H,30,33)/t21-,22+,23?,24-/m0/s1. The van der Waals surface area contributed by atoms with Gasteiger partial charge in [-0.05, 0) is 53.6 Å². The van der Waals surface area contributed by atoms with E-state index in [1.54, 1.807) is 48.5 Å². The molecule has 2 saturated heterocycles. The molecule has 3 aromatic rings. The minimum absolute atomic E-state index is 0.303. The largest absolute Gasteiger partial charge is 0.357 e. The fourth-order valence-electron chi connectivity index (χ4n) is 5.48. The highest BCUT2D eigenvalue weighted by molar-refractivity contribution is 6.36. The third-order valence-corrected chi connectivity index (χ3v) is 7.51. The van der Waals surface area contributed by atoms with Gasteiger partial charge in [-0.2, -0.15) is 0 Å². The first-order chi connectivity index (χ1) is 17.0. The van der Waals surface area contributed by atoms with Crippen LogP contribution in [0.2, 0.25) is 10.0 Å². The molecule has 1 unspecified atom stereocenters. The van der Waals surface area contributed by atoms with Gasteiger partial charge in [0.1, 0.15) is 6.04 Å². The van der Waals surface area contributed by atoms with Crippen molar-refractivity contribution in [1.82, 2.24) is 4.90 Å². The van der Waals surface area contributed by atoms with E-state index >= 15 is 0 Å². The number of carbonyl (C=O) groups excluding carboxylic acids is 3. The van der Waals surface area contributed by atoms with Gasteiger partial charge in [-0.3, -0.25) is 14.4 Å². The van der Waals surface area contributed by atoms with E-state index in [9.17, 15) is 14.4 Å². The highest BCUT2D eigenvalue weighted by atomic mass is 35.5. The molecule has 3 heterocycles. The Bertz CT molecular complexity index is 1400. The molecule has 3 aliphatic rings. The van der Waals surface area contributed by atoms with E-state index < -0.39 is 29.8 Å². The average Bonchev–Trinajstić information content (AvgIpc) is 3.34. The monoisotopic (exact) mass is 503 g/mol. The Balaban J connectivity index is 1.45. The van der Waals surface area contributed by atoms with E-state index in [1.807, 2.05) is 41.4 Å². The first-order valence-electron chi connectivity index (χ1n) is 11.2. The number of amides is 3. The summed E-state index contributed by atoms with van der Waals surface area (Å²) in [6.07, 6.45) is 3.73. The molecule has 35 heavy (non-hydrogen) atoms. The lowest BCUT2D eigenvalue weighted by Crippen LogP contribution is -2.46. The summed E-state index contributed by atoms with van der Waals surface area (Å²) in [6, 6.07) is 19.9. The smallest absolute Gasteiger partial charge is 0.247 e. The third kappa shape index (κ3) is 3.36. The molecule has 3 amide bonds. The SMILES string of the molecule is O=C(Nc1ccc(Cl)cc1)[C@@H]1[C@@H]2C(=O)N(c3ccccc3Cl)C(=O)[C@@H]2C2c3ccccc3C=CN21. The highest BCUT2D eigenvalue weighted by Gasteiger charge is 2.64. The van der Waals surface area contributed by atoms with Crippen LogP contribution < -0.4 is 10.2 Å². The minimum Gasteiger partial charge on any atom is -0.357 e. The van der Waals surface area contributed by atoms with Gasteiger partial charge in [0, 0.05) is 16.9 Å². The van der Waals surface area contributed by atoms with Gasteiger partial charge in [-0.15, -0.1) is 0 Å². The van der Waals surface area contributed by atoms with Crippen LogP contribution in [0.3, 0.4) is 0 Å². The molecule has 4 atom stereocenters. The lowest BCUT2D eigenvalue weighted by atomic mass is 9.84. The topological polar surface area (TPSA) is 69.7 Å². The molecule has 6 nitrogen and oxygen atoms in total. The van der Waals surface area contributed by atoms with Crippen LogP contribution in [0.4, 0.5) is 11.4 Å². The molecular formula is C27H19Cl2N3O3. The number of benzene rings is 3. The summed E-state index contributed by atoms with van der Waals surface area (Å²) < 4.78 is 0. The van der Waals surface area contributed by atoms with Crippen LogP contribution in [-0.4, -0.2) is 28.7 Å². The number of anilines is 2. The van der Waals surface area contributed by atoms with E-state index in [0.717, 1.165) is 16.0 Å². The molecule has 174 valence electrons. The molecule has 0 aliphatic carbocycles. The summed E-state index contributed by atoms with van der Waals surface area (Å²) in [5.41, 5.74) is 2.76. The molecular weight excluding hydrogens is 485 g/mol. The van der Waals surface area contributed by atoms with Gasteiger partial charge in [0.15, 0.2) is 0 Å². The quantitative estimate of drug-likeness (QED) is 0.502. The van der Waals surface area contributed by atoms with E-state index in [4.69, 9.17) is 23.2 Å². The van der Waals surface area contributed by atoms with Gasteiger partial charge >= 0.3 is 0 Å². The molecule has 0 radical (unpaired) electrons. The zero-order chi connectivity index (χ0) is 24.3. The summed E-state index contributed by atoms with van der Waals surface area (Å²) in [7, 11) is 0. The van der Waals surface area contributed by atoms with Gasteiger partial charge in [-0.25, -0.2) is 4.90 Å². The Labute approximate surface area is 211 Å². The Morgan fingerprint density at radius 1 is 0.829 bits per heavy atom. The number of imide groups is 1. The number of carbonyl (C=O) groups is 3. The second-order valence-electron chi connectivity index (χ2n) is 8.79. The molecule has 0 bridgehead atoms. The van der Waals surface area contributed by atoms with Gasteiger partial charge in [0.05, 0.1) is 28.6 Å². The molecule has 3 aliphatic heterocycles. The maximum absolute atomic E-state index is 13.8. The van der Waals surface area contributed by atoms with Crippen molar-refractivity contribution in [3.8, 4) is 0 Å². The molecule has 3 aromatic carbocycles. The van der Waals surface area contributed by atoms with Crippen LogP contribution in [0.15, 0.2) is 79.0 Å². The summed E-state index contributed by atoms with van der Waals surface area (Å²) >= 11 is 12.4. The first-order valence-corrected chi connectivity index (χ1v) is 11.9. The van der Waals surface area contributed by atoms with Gasteiger partial charge < -0.3 is 10.2 Å². The van der Waals surface area contributed by atoms with Crippen LogP contribution >= 0.6 is 23.2 Å². The van der Waals surface area contributed by atoms with Gasteiger partial charge in [-0.1, -0.05) is 59.6 Å². The summed E-state index contributed by atoms with van der Waals surface area (Å²) in [5.74, 6) is -2.74. The maximum Gasteiger partial charge on any atom is 0.247 e. The fraction of sp³-hybridized carbons (Fsp3) is 0.148. The minimum atomic E-state index is -0.880. The zero-order valence-electron chi connectivity index (χ0n) is 18.3. The second-order valence-corrected chi connectivity index (χ2v) is 9.64. The normalized spacial score (nSPS) is 24.3. The van der Waals surface area contributed by atoms with Crippen molar-refractivity contribution >= 4 is 58.4 Å². The molecule has 6 rings (SSSR count). The second kappa shape index (κ2) is 8.26. The van der Waals surface area contributed by atoms with Crippen molar-refractivity contribution < 1.29 is 14.4 Å².